The van der Waals surface area contributed by atoms with Gasteiger partial charge in [-0.3, -0.25) is 0 Å². The van der Waals surface area contributed by atoms with Gasteiger partial charge < -0.3 is 14.8 Å². The van der Waals surface area contributed by atoms with E-state index in [9.17, 15) is 0 Å². The summed E-state index contributed by atoms with van der Waals surface area (Å²) in [6.07, 6.45) is 4.11. The fourth-order valence-electron chi connectivity index (χ4n) is 2.29. The molecule has 1 saturated carbocycles. The molecule has 0 aliphatic heterocycles. The maximum Gasteiger partial charge on any atom is 0.217 e. The maximum atomic E-state index is 5.90. The third-order valence-electron chi connectivity index (χ3n) is 3.33. The molecule has 2 rings (SSSR count). The number of aromatic nitrogens is 1. The van der Waals surface area contributed by atoms with E-state index in [2.05, 4.69) is 44.9 Å². The standard InChI is InChI=1S/C17H28N2O2/c1-12(2)19-13-8-15(9-13)21-16-10-14(6-7-18-16)20-11-17(3,4)5/h6-7,10,12-13,15,19H,8-9,11H2,1-5H3. The van der Waals surface area contributed by atoms with Crippen molar-refractivity contribution in [2.24, 2.45) is 5.41 Å². The van der Waals surface area contributed by atoms with E-state index in [0.717, 1.165) is 18.6 Å². The Labute approximate surface area is 128 Å². The van der Waals surface area contributed by atoms with Crippen molar-refractivity contribution in [2.45, 2.75) is 65.6 Å². The summed E-state index contributed by atoms with van der Waals surface area (Å²) in [6.45, 7) is 11.5. The number of hydrogen-bond acceptors (Lipinski definition) is 4. The number of pyridine rings is 1. The van der Waals surface area contributed by atoms with Crippen molar-refractivity contribution in [1.82, 2.24) is 10.3 Å². The molecule has 4 nitrogen and oxygen atoms in total. The zero-order valence-corrected chi connectivity index (χ0v) is 13.8. The molecule has 1 N–H and O–H groups in total. The second-order valence-electron chi connectivity index (χ2n) is 7.41. The first kappa shape index (κ1) is 16.1. The van der Waals surface area contributed by atoms with Gasteiger partial charge in [0.15, 0.2) is 0 Å². The summed E-state index contributed by atoms with van der Waals surface area (Å²) >= 11 is 0. The first-order valence-electron chi connectivity index (χ1n) is 7.83. The van der Waals surface area contributed by atoms with Crippen LogP contribution < -0.4 is 14.8 Å². The summed E-state index contributed by atoms with van der Waals surface area (Å²) < 4.78 is 11.7. The zero-order valence-electron chi connectivity index (χ0n) is 13.8. The lowest BCUT2D eigenvalue weighted by molar-refractivity contribution is 0.0767. The smallest absolute Gasteiger partial charge is 0.217 e. The van der Waals surface area contributed by atoms with E-state index >= 15 is 0 Å². The largest absolute Gasteiger partial charge is 0.493 e. The molecule has 0 unspecified atom stereocenters. The highest BCUT2D eigenvalue weighted by molar-refractivity contribution is 5.26. The van der Waals surface area contributed by atoms with Crippen LogP contribution in [0, 0.1) is 5.41 Å². The van der Waals surface area contributed by atoms with Gasteiger partial charge in [0, 0.05) is 24.3 Å². The quantitative estimate of drug-likeness (QED) is 0.872. The molecule has 1 aromatic rings. The summed E-state index contributed by atoms with van der Waals surface area (Å²) in [5.41, 5.74) is 0.147. The molecule has 1 aromatic heterocycles. The van der Waals surface area contributed by atoms with Crippen molar-refractivity contribution in [2.75, 3.05) is 6.61 Å². The molecule has 1 heterocycles. The van der Waals surface area contributed by atoms with Gasteiger partial charge in [-0.2, -0.15) is 0 Å². The summed E-state index contributed by atoms with van der Waals surface area (Å²) in [5.74, 6) is 1.49. The van der Waals surface area contributed by atoms with E-state index in [1.807, 2.05) is 12.1 Å². The van der Waals surface area contributed by atoms with E-state index in [1.54, 1.807) is 6.20 Å². The number of ether oxygens (including phenoxy) is 2. The van der Waals surface area contributed by atoms with Crippen molar-refractivity contribution < 1.29 is 9.47 Å². The van der Waals surface area contributed by atoms with Crippen LogP contribution in [0.15, 0.2) is 18.3 Å². The third kappa shape index (κ3) is 5.54. The molecule has 1 fully saturated rings. The third-order valence-corrected chi connectivity index (χ3v) is 3.33. The molecular formula is C17H28N2O2. The van der Waals surface area contributed by atoms with Gasteiger partial charge in [-0.05, 0) is 24.3 Å². The Balaban J connectivity index is 1.80. The molecule has 0 saturated heterocycles. The summed E-state index contributed by atoms with van der Waals surface area (Å²) in [7, 11) is 0. The topological polar surface area (TPSA) is 43.4 Å². The van der Waals surface area contributed by atoms with E-state index in [1.165, 1.54) is 0 Å². The predicted molar refractivity (Wildman–Crippen MR) is 84.9 cm³/mol. The lowest BCUT2D eigenvalue weighted by Crippen LogP contribution is -2.49. The molecule has 0 amide bonds. The minimum Gasteiger partial charge on any atom is -0.493 e. The molecule has 4 heteroatoms. The second-order valence-corrected chi connectivity index (χ2v) is 7.41. The molecule has 1 aliphatic carbocycles. The second kappa shape index (κ2) is 6.65. The Morgan fingerprint density at radius 1 is 1.33 bits per heavy atom. The molecular weight excluding hydrogens is 264 g/mol. The highest BCUT2D eigenvalue weighted by Crippen LogP contribution is 2.27. The summed E-state index contributed by atoms with van der Waals surface area (Å²) in [6, 6.07) is 4.87. The van der Waals surface area contributed by atoms with Gasteiger partial charge in [0.05, 0.1) is 6.61 Å². The highest BCUT2D eigenvalue weighted by Gasteiger charge is 2.31. The van der Waals surface area contributed by atoms with E-state index in [4.69, 9.17) is 9.47 Å². The lowest BCUT2D eigenvalue weighted by Gasteiger charge is -2.36. The molecule has 118 valence electrons. The molecule has 0 aromatic carbocycles. The van der Waals surface area contributed by atoms with Gasteiger partial charge in [0.1, 0.15) is 11.9 Å². The van der Waals surface area contributed by atoms with Crippen LogP contribution in [0.1, 0.15) is 47.5 Å². The minimum absolute atomic E-state index is 0.147. The van der Waals surface area contributed by atoms with Crippen LogP contribution >= 0.6 is 0 Å². The zero-order chi connectivity index (χ0) is 15.5. The number of nitrogens with one attached hydrogen (secondary N) is 1. The summed E-state index contributed by atoms with van der Waals surface area (Å²) in [5, 5.41) is 3.52. The first-order valence-corrected chi connectivity index (χ1v) is 7.83. The number of nitrogens with zero attached hydrogens (tertiary/aromatic N) is 1. The van der Waals surface area contributed by atoms with Crippen molar-refractivity contribution >= 4 is 0 Å². The van der Waals surface area contributed by atoms with Crippen LogP contribution in [-0.2, 0) is 0 Å². The van der Waals surface area contributed by atoms with E-state index in [0.29, 0.717) is 24.6 Å². The number of rotatable bonds is 6. The molecule has 21 heavy (non-hydrogen) atoms. The van der Waals surface area contributed by atoms with Crippen molar-refractivity contribution in [3.63, 3.8) is 0 Å². The van der Waals surface area contributed by atoms with Gasteiger partial charge in [0.2, 0.25) is 5.88 Å². The predicted octanol–water partition coefficient (Wildman–Crippen LogP) is 3.41. The Hall–Kier alpha value is -1.29. The van der Waals surface area contributed by atoms with Gasteiger partial charge in [0.25, 0.3) is 0 Å². The van der Waals surface area contributed by atoms with E-state index < -0.39 is 0 Å². The van der Waals surface area contributed by atoms with E-state index in [-0.39, 0.29) is 11.5 Å². The summed E-state index contributed by atoms with van der Waals surface area (Å²) in [4.78, 5) is 4.27. The average Bonchev–Trinajstić information content (AvgIpc) is 2.33. The molecule has 0 spiro atoms. The Bertz CT molecular complexity index is 448. The molecule has 0 atom stereocenters. The van der Waals surface area contributed by atoms with Gasteiger partial charge in [-0.1, -0.05) is 34.6 Å². The van der Waals surface area contributed by atoms with Gasteiger partial charge in [-0.25, -0.2) is 4.98 Å². The Morgan fingerprint density at radius 3 is 2.67 bits per heavy atom. The van der Waals surface area contributed by atoms with Crippen LogP contribution in [0.5, 0.6) is 11.6 Å². The van der Waals surface area contributed by atoms with Crippen molar-refractivity contribution in [3.05, 3.63) is 18.3 Å². The monoisotopic (exact) mass is 292 g/mol. The van der Waals surface area contributed by atoms with Crippen LogP contribution in [0.4, 0.5) is 0 Å². The minimum atomic E-state index is 0.147. The van der Waals surface area contributed by atoms with Crippen molar-refractivity contribution in [1.29, 1.82) is 0 Å². The lowest BCUT2D eigenvalue weighted by atomic mass is 9.89. The molecule has 1 aliphatic rings. The SMILES string of the molecule is CC(C)NC1CC(Oc2cc(OCC(C)(C)C)ccn2)C1. The van der Waals surface area contributed by atoms with Crippen LogP contribution in [0.3, 0.4) is 0 Å². The van der Waals surface area contributed by atoms with Crippen LogP contribution in [0.25, 0.3) is 0 Å². The van der Waals surface area contributed by atoms with Gasteiger partial charge in [-0.15, -0.1) is 0 Å². The normalized spacial score (nSPS) is 22.0. The fraction of sp³-hybridized carbons (Fsp3) is 0.706. The Kier molecular flexibility index (Phi) is 5.09. The fourth-order valence-corrected chi connectivity index (χ4v) is 2.29. The number of hydrogen-bond donors (Lipinski definition) is 1. The Morgan fingerprint density at radius 2 is 2.05 bits per heavy atom. The highest BCUT2D eigenvalue weighted by atomic mass is 16.5. The van der Waals surface area contributed by atoms with Gasteiger partial charge >= 0.3 is 0 Å². The average molecular weight is 292 g/mol. The van der Waals surface area contributed by atoms with Crippen LogP contribution in [-0.4, -0.2) is 29.8 Å². The first-order chi connectivity index (χ1) is 9.82. The van der Waals surface area contributed by atoms with Crippen molar-refractivity contribution in [3.8, 4) is 11.6 Å². The maximum absolute atomic E-state index is 5.90. The molecule has 0 bridgehead atoms. The molecule has 0 radical (unpaired) electrons. The van der Waals surface area contributed by atoms with Crippen LogP contribution in [0.2, 0.25) is 0 Å².